The van der Waals surface area contributed by atoms with Crippen molar-refractivity contribution in [3.63, 3.8) is 0 Å². The minimum atomic E-state index is -3.13. The number of piperidine rings is 1. The summed E-state index contributed by atoms with van der Waals surface area (Å²) in [7, 11) is -3.13. The molecule has 0 radical (unpaired) electrons. The summed E-state index contributed by atoms with van der Waals surface area (Å²) < 4.78 is 25.3. The number of carbonyl (C=O) groups is 1. The Morgan fingerprint density at radius 3 is 2.40 bits per heavy atom. The summed E-state index contributed by atoms with van der Waals surface area (Å²) in [6, 6.07) is 10.3. The van der Waals surface area contributed by atoms with Crippen molar-refractivity contribution in [2.24, 2.45) is 11.8 Å². The van der Waals surface area contributed by atoms with Gasteiger partial charge in [-0.05, 0) is 37.7 Å². The van der Waals surface area contributed by atoms with E-state index in [2.05, 4.69) is 24.4 Å². The Hall–Kier alpha value is -1.40. The third kappa shape index (κ3) is 5.82. The maximum atomic E-state index is 12.4. The standard InChI is InChI=1S/C19H30N2O3S/c1-3-16(14-17-8-6-5-7-9-17)15-20-19(22)18-10-12-21(13-11-18)25(23,24)4-2/h5-9,16,18H,3-4,10-15H2,1-2H3,(H,20,22)/t16-/m0/s1. The van der Waals surface area contributed by atoms with Crippen LogP contribution in [0, 0.1) is 11.8 Å². The summed E-state index contributed by atoms with van der Waals surface area (Å²) in [5.41, 5.74) is 1.29. The van der Waals surface area contributed by atoms with E-state index in [9.17, 15) is 13.2 Å². The lowest BCUT2D eigenvalue weighted by Gasteiger charge is -2.30. The van der Waals surface area contributed by atoms with Crippen LogP contribution in [-0.2, 0) is 21.2 Å². The molecule has 1 atom stereocenters. The number of carbonyl (C=O) groups excluding carboxylic acids is 1. The van der Waals surface area contributed by atoms with Gasteiger partial charge >= 0.3 is 0 Å². The minimum absolute atomic E-state index is 0.0695. The molecule has 1 aliphatic heterocycles. The first-order valence-electron chi connectivity index (χ1n) is 9.25. The molecule has 25 heavy (non-hydrogen) atoms. The zero-order valence-corrected chi connectivity index (χ0v) is 16.1. The van der Waals surface area contributed by atoms with Gasteiger partial charge in [0, 0.05) is 25.6 Å². The van der Waals surface area contributed by atoms with Gasteiger partial charge in [0.1, 0.15) is 0 Å². The van der Waals surface area contributed by atoms with E-state index in [4.69, 9.17) is 0 Å². The molecule has 1 fully saturated rings. The molecular weight excluding hydrogens is 336 g/mol. The van der Waals surface area contributed by atoms with Crippen LogP contribution in [0.5, 0.6) is 0 Å². The predicted molar refractivity (Wildman–Crippen MR) is 101 cm³/mol. The Morgan fingerprint density at radius 2 is 1.84 bits per heavy atom. The van der Waals surface area contributed by atoms with Crippen LogP contribution in [0.25, 0.3) is 0 Å². The number of nitrogens with one attached hydrogen (secondary N) is 1. The van der Waals surface area contributed by atoms with Gasteiger partial charge in [-0.2, -0.15) is 0 Å². The maximum Gasteiger partial charge on any atom is 0.223 e. The molecule has 1 saturated heterocycles. The fraction of sp³-hybridized carbons (Fsp3) is 0.632. The highest BCUT2D eigenvalue weighted by Crippen LogP contribution is 2.20. The van der Waals surface area contributed by atoms with Crippen molar-refractivity contribution in [1.82, 2.24) is 9.62 Å². The Kier molecular flexibility index (Phi) is 7.44. The first-order chi connectivity index (χ1) is 12.0. The third-order valence-electron chi connectivity index (χ3n) is 5.09. The molecule has 0 spiro atoms. The molecule has 1 aromatic carbocycles. The van der Waals surface area contributed by atoms with Crippen LogP contribution in [0.3, 0.4) is 0 Å². The molecule has 1 N–H and O–H groups in total. The van der Waals surface area contributed by atoms with Gasteiger partial charge in [0.15, 0.2) is 0 Å². The smallest absolute Gasteiger partial charge is 0.223 e. The molecule has 1 heterocycles. The molecular formula is C19H30N2O3S. The van der Waals surface area contributed by atoms with Gasteiger partial charge in [0.05, 0.1) is 5.75 Å². The summed E-state index contributed by atoms with van der Waals surface area (Å²) >= 11 is 0. The normalized spacial score (nSPS) is 18.0. The van der Waals surface area contributed by atoms with Crippen molar-refractivity contribution in [2.45, 2.75) is 39.5 Å². The average Bonchev–Trinajstić information content (AvgIpc) is 2.65. The molecule has 6 heteroatoms. The highest BCUT2D eigenvalue weighted by Gasteiger charge is 2.30. The van der Waals surface area contributed by atoms with Crippen LogP contribution in [0.15, 0.2) is 30.3 Å². The SMILES string of the molecule is CC[C@H](CNC(=O)C1CCN(S(=O)(=O)CC)CC1)Cc1ccccc1. The number of hydrogen-bond acceptors (Lipinski definition) is 3. The van der Waals surface area contributed by atoms with E-state index in [1.807, 2.05) is 18.2 Å². The van der Waals surface area contributed by atoms with E-state index in [1.165, 1.54) is 9.87 Å². The molecule has 0 unspecified atom stereocenters. The number of rotatable bonds is 8. The lowest BCUT2D eigenvalue weighted by molar-refractivity contribution is -0.126. The molecule has 0 saturated carbocycles. The van der Waals surface area contributed by atoms with E-state index >= 15 is 0 Å². The second-order valence-corrected chi connectivity index (χ2v) is 9.04. The molecule has 1 aromatic rings. The molecule has 5 nitrogen and oxygen atoms in total. The summed E-state index contributed by atoms with van der Waals surface area (Å²) in [4.78, 5) is 12.4. The molecule has 0 bridgehead atoms. The van der Waals surface area contributed by atoms with Crippen molar-refractivity contribution < 1.29 is 13.2 Å². The number of amides is 1. The first-order valence-corrected chi connectivity index (χ1v) is 10.9. The summed E-state index contributed by atoms with van der Waals surface area (Å²) in [6.45, 7) is 5.39. The van der Waals surface area contributed by atoms with E-state index in [0.717, 1.165) is 12.8 Å². The van der Waals surface area contributed by atoms with E-state index in [0.29, 0.717) is 38.4 Å². The molecule has 0 aliphatic carbocycles. The van der Waals surface area contributed by atoms with Gasteiger partial charge < -0.3 is 5.32 Å². The second kappa shape index (κ2) is 9.34. The van der Waals surface area contributed by atoms with Gasteiger partial charge in [-0.25, -0.2) is 12.7 Å². The number of hydrogen-bond donors (Lipinski definition) is 1. The van der Waals surface area contributed by atoms with Crippen molar-refractivity contribution in [1.29, 1.82) is 0 Å². The maximum absolute atomic E-state index is 12.4. The Bertz CT molecular complexity index is 638. The van der Waals surface area contributed by atoms with Crippen LogP contribution >= 0.6 is 0 Å². The Labute approximate surface area is 151 Å². The van der Waals surface area contributed by atoms with Gasteiger partial charge in [-0.15, -0.1) is 0 Å². The van der Waals surface area contributed by atoms with Crippen LogP contribution in [-0.4, -0.2) is 44.0 Å². The highest BCUT2D eigenvalue weighted by atomic mass is 32.2. The highest BCUT2D eigenvalue weighted by molar-refractivity contribution is 7.89. The van der Waals surface area contributed by atoms with Crippen molar-refractivity contribution in [3.8, 4) is 0 Å². The molecule has 0 aromatic heterocycles. The molecule has 140 valence electrons. The largest absolute Gasteiger partial charge is 0.356 e. The minimum Gasteiger partial charge on any atom is -0.356 e. The molecule has 1 aliphatic rings. The average molecular weight is 367 g/mol. The van der Waals surface area contributed by atoms with Crippen molar-refractivity contribution in [2.75, 3.05) is 25.4 Å². The van der Waals surface area contributed by atoms with E-state index in [1.54, 1.807) is 6.92 Å². The van der Waals surface area contributed by atoms with Gasteiger partial charge in [0.25, 0.3) is 0 Å². The predicted octanol–water partition coefficient (Wildman–Crippen LogP) is 2.43. The Morgan fingerprint density at radius 1 is 1.20 bits per heavy atom. The van der Waals surface area contributed by atoms with Gasteiger partial charge in [-0.3, -0.25) is 4.79 Å². The number of sulfonamides is 1. The monoisotopic (exact) mass is 366 g/mol. The van der Waals surface area contributed by atoms with Crippen LogP contribution in [0.4, 0.5) is 0 Å². The lowest BCUT2D eigenvalue weighted by atomic mass is 9.95. The lowest BCUT2D eigenvalue weighted by Crippen LogP contribution is -2.44. The first kappa shape index (κ1) is 19.9. The van der Waals surface area contributed by atoms with Crippen molar-refractivity contribution in [3.05, 3.63) is 35.9 Å². The van der Waals surface area contributed by atoms with E-state index in [-0.39, 0.29) is 17.6 Å². The van der Waals surface area contributed by atoms with Gasteiger partial charge in [0.2, 0.25) is 15.9 Å². The quantitative estimate of drug-likeness (QED) is 0.768. The molecule has 2 rings (SSSR count). The zero-order chi connectivity index (χ0) is 18.3. The fourth-order valence-corrected chi connectivity index (χ4v) is 4.41. The van der Waals surface area contributed by atoms with Crippen LogP contribution in [0.2, 0.25) is 0 Å². The summed E-state index contributed by atoms with van der Waals surface area (Å²) in [5, 5.41) is 3.08. The number of nitrogens with zero attached hydrogens (tertiary/aromatic N) is 1. The zero-order valence-electron chi connectivity index (χ0n) is 15.3. The molecule has 1 amide bonds. The van der Waals surface area contributed by atoms with Crippen molar-refractivity contribution >= 4 is 15.9 Å². The second-order valence-electron chi connectivity index (χ2n) is 6.78. The fourth-order valence-electron chi connectivity index (χ4n) is 3.28. The Balaban J connectivity index is 1.78. The van der Waals surface area contributed by atoms with Crippen LogP contribution in [0.1, 0.15) is 38.7 Å². The van der Waals surface area contributed by atoms with E-state index < -0.39 is 10.0 Å². The van der Waals surface area contributed by atoms with Gasteiger partial charge in [-0.1, -0.05) is 43.7 Å². The summed E-state index contributed by atoms with van der Waals surface area (Å²) in [5.74, 6) is 0.547. The summed E-state index contributed by atoms with van der Waals surface area (Å²) in [6.07, 6.45) is 3.20. The topological polar surface area (TPSA) is 66.5 Å². The third-order valence-corrected chi connectivity index (χ3v) is 6.97. The number of benzene rings is 1. The van der Waals surface area contributed by atoms with Crippen LogP contribution < -0.4 is 5.32 Å².